The summed E-state index contributed by atoms with van der Waals surface area (Å²) in [6.45, 7) is 3.30. The fourth-order valence-electron chi connectivity index (χ4n) is 1.68. The van der Waals surface area contributed by atoms with Gasteiger partial charge in [-0.25, -0.2) is 4.98 Å². The van der Waals surface area contributed by atoms with Gasteiger partial charge in [-0.2, -0.15) is 5.48 Å². The van der Waals surface area contributed by atoms with Crippen molar-refractivity contribution in [3.8, 4) is 0 Å². The Bertz CT molecular complexity index is 436. The van der Waals surface area contributed by atoms with Crippen LogP contribution in [0.15, 0.2) is 24.3 Å². The molecule has 0 aliphatic carbocycles. The van der Waals surface area contributed by atoms with Crippen LogP contribution in [-0.4, -0.2) is 14.8 Å². The van der Waals surface area contributed by atoms with E-state index in [0.717, 1.165) is 23.4 Å². The molecule has 0 amide bonds. The average Bonchev–Trinajstić information content (AvgIpc) is 2.55. The van der Waals surface area contributed by atoms with Gasteiger partial charge in [0.25, 0.3) is 0 Å². The number of imidazole rings is 1. The van der Waals surface area contributed by atoms with Crippen LogP contribution in [0.1, 0.15) is 12.7 Å². The normalized spacial score (nSPS) is 11.0. The molecule has 74 valence electrons. The Hall–Kier alpha value is -1.39. The molecule has 0 unspecified atom stereocenters. The molecule has 2 aromatic rings. The SMILES string of the molecule is CCn1c(CNO)nc2ccccc21. The van der Waals surface area contributed by atoms with Crippen LogP contribution in [0.5, 0.6) is 0 Å². The number of hydrogen-bond donors (Lipinski definition) is 2. The molecular weight excluding hydrogens is 178 g/mol. The first-order chi connectivity index (χ1) is 6.86. The number of aromatic nitrogens is 2. The number of benzene rings is 1. The molecule has 1 aromatic heterocycles. The number of fused-ring (bicyclic) bond motifs is 1. The van der Waals surface area contributed by atoms with E-state index in [1.807, 2.05) is 24.3 Å². The fourth-order valence-corrected chi connectivity index (χ4v) is 1.68. The predicted octanol–water partition coefficient (Wildman–Crippen LogP) is 1.53. The van der Waals surface area contributed by atoms with E-state index in [1.165, 1.54) is 0 Å². The number of aryl methyl sites for hydroxylation is 1. The molecule has 0 aliphatic heterocycles. The molecule has 4 heteroatoms. The Morgan fingerprint density at radius 2 is 2.21 bits per heavy atom. The zero-order chi connectivity index (χ0) is 9.97. The van der Waals surface area contributed by atoms with E-state index in [9.17, 15) is 0 Å². The van der Waals surface area contributed by atoms with Crippen molar-refractivity contribution in [3.05, 3.63) is 30.1 Å². The van der Waals surface area contributed by atoms with Gasteiger partial charge in [-0.05, 0) is 19.1 Å². The van der Waals surface area contributed by atoms with E-state index < -0.39 is 0 Å². The first-order valence-corrected chi connectivity index (χ1v) is 4.68. The Kier molecular flexibility index (Phi) is 2.47. The molecule has 0 fully saturated rings. The maximum Gasteiger partial charge on any atom is 0.126 e. The van der Waals surface area contributed by atoms with Crippen molar-refractivity contribution in [3.63, 3.8) is 0 Å². The lowest BCUT2D eigenvalue weighted by molar-refractivity contribution is 0.157. The van der Waals surface area contributed by atoms with Crippen LogP contribution in [0.2, 0.25) is 0 Å². The molecule has 0 bridgehead atoms. The average molecular weight is 191 g/mol. The molecule has 0 aliphatic rings. The van der Waals surface area contributed by atoms with E-state index in [4.69, 9.17) is 5.21 Å². The highest BCUT2D eigenvalue weighted by Gasteiger charge is 2.07. The third kappa shape index (κ3) is 1.38. The fraction of sp³-hybridized carbons (Fsp3) is 0.300. The quantitative estimate of drug-likeness (QED) is 0.723. The maximum atomic E-state index is 8.66. The lowest BCUT2D eigenvalue weighted by Gasteiger charge is -2.03. The van der Waals surface area contributed by atoms with Crippen LogP contribution in [0.4, 0.5) is 0 Å². The summed E-state index contributed by atoms with van der Waals surface area (Å²) in [6, 6.07) is 7.97. The Morgan fingerprint density at radius 1 is 1.43 bits per heavy atom. The predicted molar refractivity (Wildman–Crippen MR) is 54.0 cm³/mol. The van der Waals surface area contributed by atoms with Gasteiger partial charge in [0, 0.05) is 6.54 Å². The zero-order valence-electron chi connectivity index (χ0n) is 8.07. The molecule has 1 heterocycles. The molecule has 2 N–H and O–H groups in total. The lowest BCUT2D eigenvalue weighted by Crippen LogP contribution is -2.12. The van der Waals surface area contributed by atoms with E-state index >= 15 is 0 Å². The van der Waals surface area contributed by atoms with Gasteiger partial charge in [-0.3, -0.25) is 0 Å². The first-order valence-electron chi connectivity index (χ1n) is 4.68. The van der Waals surface area contributed by atoms with E-state index in [1.54, 1.807) is 0 Å². The molecule has 0 saturated carbocycles. The lowest BCUT2D eigenvalue weighted by atomic mass is 10.3. The summed E-state index contributed by atoms with van der Waals surface area (Å²) < 4.78 is 2.08. The molecule has 0 spiro atoms. The number of nitrogens with zero attached hydrogens (tertiary/aromatic N) is 2. The number of para-hydroxylation sites is 2. The largest absolute Gasteiger partial charge is 0.327 e. The van der Waals surface area contributed by atoms with Crippen LogP contribution in [-0.2, 0) is 13.1 Å². The Morgan fingerprint density at radius 3 is 2.93 bits per heavy atom. The van der Waals surface area contributed by atoms with Crippen LogP contribution in [0, 0.1) is 0 Å². The van der Waals surface area contributed by atoms with E-state index in [0.29, 0.717) is 6.54 Å². The second-order valence-corrected chi connectivity index (χ2v) is 3.10. The smallest absolute Gasteiger partial charge is 0.126 e. The highest BCUT2D eigenvalue weighted by Crippen LogP contribution is 2.15. The third-order valence-corrected chi connectivity index (χ3v) is 2.29. The van der Waals surface area contributed by atoms with E-state index in [2.05, 4.69) is 22.0 Å². The number of nitrogens with one attached hydrogen (secondary N) is 1. The van der Waals surface area contributed by atoms with Crippen molar-refractivity contribution in [1.29, 1.82) is 0 Å². The minimum absolute atomic E-state index is 0.377. The van der Waals surface area contributed by atoms with Gasteiger partial charge in [-0.15, -0.1) is 0 Å². The number of rotatable bonds is 3. The van der Waals surface area contributed by atoms with Crippen LogP contribution >= 0.6 is 0 Å². The van der Waals surface area contributed by atoms with Crippen LogP contribution in [0.3, 0.4) is 0 Å². The van der Waals surface area contributed by atoms with Crippen LogP contribution in [0.25, 0.3) is 11.0 Å². The van der Waals surface area contributed by atoms with Crippen molar-refractivity contribution < 1.29 is 5.21 Å². The molecule has 0 atom stereocenters. The number of hydroxylamine groups is 1. The van der Waals surface area contributed by atoms with Gasteiger partial charge in [-0.1, -0.05) is 12.1 Å². The summed E-state index contributed by atoms with van der Waals surface area (Å²) in [7, 11) is 0. The molecule has 2 rings (SSSR count). The van der Waals surface area contributed by atoms with Crippen molar-refractivity contribution in [2.75, 3.05) is 0 Å². The van der Waals surface area contributed by atoms with Crippen molar-refractivity contribution >= 4 is 11.0 Å². The molecular formula is C10H13N3O. The molecule has 14 heavy (non-hydrogen) atoms. The molecule has 1 aromatic carbocycles. The highest BCUT2D eigenvalue weighted by atomic mass is 16.5. The summed E-state index contributed by atoms with van der Waals surface area (Å²) in [6.07, 6.45) is 0. The topological polar surface area (TPSA) is 50.1 Å². The Labute approximate surface area is 82.1 Å². The highest BCUT2D eigenvalue weighted by molar-refractivity contribution is 5.75. The van der Waals surface area contributed by atoms with Crippen molar-refractivity contribution in [2.24, 2.45) is 0 Å². The maximum absolute atomic E-state index is 8.66. The summed E-state index contributed by atoms with van der Waals surface area (Å²) in [5.41, 5.74) is 4.22. The van der Waals surface area contributed by atoms with Gasteiger partial charge < -0.3 is 9.77 Å². The summed E-state index contributed by atoms with van der Waals surface area (Å²) in [4.78, 5) is 4.41. The van der Waals surface area contributed by atoms with Crippen LogP contribution < -0.4 is 5.48 Å². The molecule has 4 nitrogen and oxygen atoms in total. The monoisotopic (exact) mass is 191 g/mol. The summed E-state index contributed by atoms with van der Waals surface area (Å²) in [5.74, 6) is 0.858. The second kappa shape index (κ2) is 3.77. The summed E-state index contributed by atoms with van der Waals surface area (Å²) in [5, 5.41) is 8.66. The molecule has 0 saturated heterocycles. The minimum Gasteiger partial charge on any atom is -0.327 e. The first kappa shape index (κ1) is 9.18. The van der Waals surface area contributed by atoms with E-state index in [-0.39, 0.29) is 0 Å². The van der Waals surface area contributed by atoms with Gasteiger partial charge >= 0.3 is 0 Å². The van der Waals surface area contributed by atoms with Gasteiger partial charge in [0.2, 0.25) is 0 Å². The van der Waals surface area contributed by atoms with Crippen molar-refractivity contribution in [2.45, 2.75) is 20.0 Å². The Balaban J connectivity index is 2.60. The van der Waals surface area contributed by atoms with Gasteiger partial charge in [0.15, 0.2) is 0 Å². The van der Waals surface area contributed by atoms with Gasteiger partial charge in [0.05, 0.1) is 17.6 Å². The third-order valence-electron chi connectivity index (χ3n) is 2.29. The summed E-state index contributed by atoms with van der Waals surface area (Å²) >= 11 is 0. The zero-order valence-corrected chi connectivity index (χ0v) is 8.07. The number of hydrogen-bond acceptors (Lipinski definition) is 3. The van der Waals surface area contributed by atoms with Gasteiger partial charge in [0.1, 0.15) is 5.82 Å². The minimum atomic E-state index is 0.377. The second-order valence-electron chi connectivity index (χ2n) is 3.10. The molecule has 0 radical (unpaired) electrons. The standard InChI is InChI=1S/C10H13N3O/c1-2-13-9-6-4-3-5-8(9)12-10(13)7-11-14/h3-6,11,14H,2,7H2,1H3. The van der Waals surface area contributed by atoms with Crippen molar-refractivity contribution in [1.82, 2.24) is 15.0 Å².